The molecule has 1 N–H and O–H groups in total. The smallest absolute Gasteiger partial charge is 0.408 e. The molecule has 1 aromatic rings. The Morgan fingerprint density at radius 2 is 1.74 bits per heavy atom. The molecule has 6 heteroatoms. The van der Waals surface area contributed by atoms with Crippen LogP contribution in [-0.2, 0) is 20.8 Å². The van der Waals surface area contributed by atoms with Crippen molar-refractivity contribution in [1.82, 2.24) is 10.2 Å². The van der Waals surface area contributed by atoms with Gasteiger partial charge in [-0.1, -0.05) is 30.3 Å². The summed E-state index contributed by atoms with van der Waals surface area (Å²) in [5.41, 5.74) is -0.370. The molecule has 1 aromatic carbocycles. The van der Waals surface area contributed by atoms with Crippen LogP contribution in [0, 0.1) is 0 Å². The van der Waals surface area contributed by atoms with E-state index in [2.05, 4.69) is 22.3 Å². The van der Waals surface area contributed by atoms with E-state index in [1.807, 2.05) is 39.0 Å². The highest BCUT2D eigenvalue weighted by Crippen LogP contribution is 2.42. The van der Waals surface area contributed by atoms with Crippen molar-refractivity contribution < 1.29 is 19.1 Å². The van der Waals surface area contributed by atoms with Gasteiger partial charge in [-0.2, -0.15) is 0 Å². The number of nitrogens with one attached hydrogen (secondary N) is 1. The fourth-order valence-electron chi connectivity index (χ4n) is 4.41. The summed E-state index contributed by atoms with van der Waals surface area (Å²) in [4.78, 5) is 27.5. The quantitative estimate of drug-likeness (QED) is 0.820. The predicted molar refractivity (Wildman–Crippen MR) is 102 cm³/mol. The van der Waals surface area contributed by atoms with Gasteiger partial charge in [0.15, 0.2) is 0 Å². The van der Waals surface area contributed by atoms with E-state index in [9.17, 15) is 9.59 Å². The number of amides is 1. The number of fused-ring (bicyclic) bond motifs is 2. The number of benzene rings is 1. The zero-order valence-corrected chi connectivity index (χ0v) is 16.7. The van der Waals surface area contributed by atoms with Crippen LogP contribution in [-0.4, -0.2) is 47.3 Å². The number of alkyl carbamates (subject to hydrolysis) is 1. The van der Waals surface area contributed by atoms with Crippen molar-refractivity contribution in [3.8, 4) is 0 Å². The topological polar surface area (TPSA) is 67.9 Å². The van der Waals surface area contributed by atoms with Gasteiger partial charge in [-0.05, 0) is 52.0 Å². The summed E-state index contributed by atoms with van der Waals surface area (Å²) in [6.45, 7) is 6.29. The number of esters is 1. The van der Waals surface area contributed by atoms with Crippen molar-refractivity contribution in [2.75, 3.05) is 7.11 Å². The summed E-state index contributed by atoms with van der Waals surface area (Å²) < 4.78 is 10.5. The maximum Gasteiger partial charge on any atom is 0.408 e. The largest absolute Gasteiger partial charge is 0.467 e. The molecule has 0 saturated carbocycles. The second-order valence-corrected chi connectivity index (χ2v) is 8.65. The number of carbonyl (C=O) groups excluding carboxylic acids is 2. The lowest BCUT2D eigenvalue weighted by Crippen LogP contribution is -2.63. The first-order chi connectivity index (χ1) is 12.7. The van der Waals surface area contributed by atoms with Crippen LogP contribution < -0.4 is 5.32 Å². The summed E-state index contributed by atoms with van der Waals surface area (Å²) in [6.07, 6.45) is 2.56. The number of methoxy groups -OCH3 is 1. The molecule has 0 aromatic heterocycles. The van der Waals surface area contributed by atoms with Crippen molar-refractivity contribution in [1.29, 1.82) is 0 Å². The van der Waals surface area contributed by atoms with Gasteiger partial charge in [0.1, 0.15) is 11.1 Å². The fourth-order valence-corrected chi connectivity index (χ4v) is 4.41. The Kier molecular flexibility index (Phi) is 5.47. The van der Waals surface area contributed by atoms with Gasteiger partial charge in [-0.3, -0.25) is 4.90 Å². The Balaban J connectivity index is 1.76. The lowest BCUT2D eigenvalue weighted by atomic mass is 9.82. The van der Waals surface area contributed by atoms with Crippen molar-refractivity contribution >= 4 is 12.1 Å². The lowest BCUT2D eigenvalue weighted by Gasteiger charge is -2.45. The van der Waals surface area contributed by atoms with Crippen molar-refractivity contribution in [2.45, 2.75) is 76.2 Å². The van der Waals surface area contributed by atoms with Gasteiger partial charge >= 0.3 is 12.1 Å². The van der Waals surface area contributed by atoms with Gasteiger partial charge in [-0.15, -0.1) is 0 Å². The van der Waals surface area contributed by atoms with Crippen molar-refractivity contribution in [3.63, 3.8) is 0 Å². The molecule has 0 radical (unpaired) electrons. The molecule has 2 saturated heterocycles. The van der Waals surface area contributed by atoms with Crippen LogP contribution >= 0.6 is 0 Å². The third kappa shape index (κ3) is 4.43. The summed E-state index contributed by atoms with van der Waals surface area (Å²) in [7, 11) is 1.37. The Morgan fingerprint density at radius 1 is 1.15 bits per heavy atom. The van der Waals surface area contributed by atoms with Gasteiger partial charge < -0.3 is 14.8 Å². The molecule has 0 aliphatic carbocycles. The Hall–Kier alpha value is -2.08. The first-order valence-corrected chi connectivity index (χ1v) is 9.62. The summed E-state index contributed by atoms with van der Waals surface area (Å²) in [5.74, 6) is -0.385. The van der Waals surface area contributed by atoms with E-state index in [-0.39, 0.29) is 18.1 Å². The van der Waals surface area contributed by atoms with Crippen LogP contribution in [0.25, 0.3) is 0 Å². The van der Waals surface area contributed by atoms with Gasteiger partial charge in [0.25, 0.3) is 0 Å². The van der Waals surface area contributed by atoms with Crippen LogP contribution in [0.1, 0.15) is 52.0 Å². The standard InChI is InChI=1S/C21H30N2O4/c1-20(2,3)27-19(25)22-21(18(24)26-4)12-16-10-11-17(13-21)23(16)14-15-8-6-5-7-9-15/h5-9,16-17H,10-14H2,1-4H3,(H,22,25). The molecule has 2 unspecified atom stereocenters. The minimum absolute atomic E-state index is 0.234. The van der Waals surface area contributed by atoms with E-state index in [4.69, 9.17) is 9.47 Å². The molecule has 148 valence electrons. The number of ether oxygens (including phenoxy) is 2. The Bertz CT molecular complexity index is 669. The van der Waals surface area contributed by atoms with Crippen LogP contribution in [0.3, 0.4) is 0 Å². The second kappa shape index (κ2) is 7.50. The summed E-state index contributed by atoms with van der Waals surface area (Å²) in [6, 6.07) is 10.8. The first-order valence-electron chi connectivity index (χ1n) is 9.62. The minimum atomic E-state index is -1.02. The Morgan fingerprint density at radius 3 is 2.26 bits per heavy atom. The minimum Gasteiger partial charge on any atom is -0.467 e. The highest BCUT2D eigenvalue weighted by atomic mass is 16.6. The summed E-state index contributed by atoms with van der Waals surface area (Å²) >= 11 is 0. The highest BCUT2D eigenvalue weighted by molar-refractivity contribution is 5.86. The molecular formula is C21H30N2O4. The van der Waals surface area contributed by atoms with E-state index in [1.54, 1.807) is 0 Å². The van der Waals surface area contributed by atoms with E-state index >= 15 is 0 Å². The molecule has 1 amide bonds. The van der Waals surface area contributed by atoms with E-state index < -0.39 is 17.2 Å². The maximum absolute atomic E-state index is 12.7. The molecule has 2 heterocycles. The number of hydrogen-bond acceptors (Lipinski definition) is 5. The van der Waals surface area contributed by atoms with Crippen molar-refractivity contribution in [2.24, 2.45) is 0 Å². The van der Waals surface area contributed by atoms with E-state index in [1.165, 1.54) is 12.7 Å². The maximum atomic E-state index is 12.7. The van der Waals surface area contributed by atoms with Crippen LogP contribution in [0.2, 0.25) is 0 Å². The average Bonchev–Trinajstić information content (AvgIpc) is 2.83. The number of nitrogens with zero attached hydrogens (tertiary/aromatic N) is 1. The molecule has 2 aliphatic heterocycles. The molecule has 2 bridgehead atoms. The van der Waals surface area contributed by atoms with Gasteiger partial charge in [0.05, 0.1) is 7.11 Å². The van der Waals surface area contributed by atoms with Gasteiger partial charge in [0, 0.05) is 18.6 Å². The Labute approximate surface area is 161 Å². The molecular weight excluding hydrogens is 344 g/mol. The van der Waals surface area contributed by atoms with E-state index in [0.717, 1.165) is 19.4 Å². The molecule has 2 fully saturated rings. The monoisotopic (exact) mass is 374 g/mol. The molecule has 2 aliphatic rings. The molecule has 3 rings (SSSR count). The molecule has 6 nitrogen and oxygen atoms in total. The van der Waals surface area contributed by atoms with Crippen LogP contribution in [0.15, 0.2) is 30.3 Å². The van der Waals surface area contributed by atoms with E-state index in [0.29, 0.717) is 12.8 Å². The van der Waals surface area contributed by atoms with Crippen LogP contribution in [0.5, 0.6) is 0 Å². The number of hydrogen-bond donors (Lipinski definition) is 1. The molecule has 0 spiro atoms. The van der Waals surface area contributed by atoms with Gasteiger partial charge in [-0.25, -0.2) is 9.59 Å². The number of piperidine rings is 1. The zero-order valence-electron chi connectivity index (χ0n) is 16.7. The molecule has 27 heavy (non-hydrogen) atoms. The summed E-state index contributed by atoms with van der Waals surface area (Å²) in [5, 5.41) is 2.86. The third-order valence-corrected chi connectivity index (χ3v) is 5.46. The number of carbonyl (C=O) groups is 2. The SMILES string of the molecule is COC(=O)C1(NC(=O)OC(C)(C)C)CC2CCC(C1)N2Cc1ccccc1. The van der Waals surface area contributed by atoms with Gasteiger partial charge in [0.2, 0.25) is 0 Å². The van der Waals surface area contributed by atoms with Crippen LogP contribution in [0.4, 0.5) is 4.79 Å². The second-order valence-electron chi connectivity index (χ2n) is 8.65. The highest BCUT2D eigenvalue weighted by Gasteiger charge is 2.54. The lowest BCUT2D eigenvalue weighted by molar-refractivity contribution is -0.152. The first kappa shape index (κ1) is 19.7. The third-order valence-electron chi connectivity index (χ3n) is 5.46. The zero-order chi connectivity index (χ0) is 19.7. The number of rotatable bonds is 4. The average molecular weight is 374 g/mol. The van der Waals surface area contributed by atoms with Crippen molar-refractivity contribution in [3.05, 3.63) is 35.9 Å². The normalized spacial score (nSPS) is 27.9. The molecule has 2 atom stereocenters. The fraction of sp³-hybridized carbons (Fsp3) is 0.619. The predicted octanol–water partition coefficient (Wildman–Crippen LogP) is 3.25.